The van der Waals surface area contributed by atoms with E-state index in [0.717, 1.165) is 12.1 Å². The van der Waals surface area contributed by atoms with Gasteiger partial charge in [-0.1, -0.05) is 0 Å². The van der Waals surface area contributed by atoms with Crippen LogP contribution in [0.2, 0.25) is 0 Å². The molecule has 6 nitrogen and oxygen atoms in total. The van der Waals surface area contributed by atoms with Gasteiger partial charge in [-0.15, -0.1) is 0 Å². The van der Waals surface area contributed by atoms with E-state index in [1.165, 1.54) is 17.9 Å². The maximum atomic E-state index is 13.8. The van der Waals surface area contributed by atoms with Crippen LogP contribution in [-0.4, -0.2) is 50.8 Å². The van der Waals surface area contributed by atoms with Gasteiger partial charge in [-0.05, 0) is 25.1 Å². The number of rotatable bonds is 3. The van der Waals surface area contributed by atoms with Crippen molar-refractivity contribution in [3.05, 3.63) is 24.0 Å². The molecule has 1 atom stereocenters. The number of nitrogens with two attached hydrogens (primary N) is 1. The second kappa shape index (κ2) is 5.98. The van der Waals surface area contributed by atoms with Crippen molar-refractivity contribution in [2.45, 2.75) is 17.1 Å². The molecule has 0 saturated carbocycles. The van der Waals surface area contributed by atoms with E-state index in [9.17, 15) is 17.6 Å². The molecular weight excluding hydrogens is 299 g/mol. The zero-order chi connectivity index (χ0) is 15.6. The molecular formula is C13H17FN2O4S. The van der Waals surface area contributed by atoms with Crippen molar-refractivity contribution < 1.29 is 22.3 Å². The molecule has 1 aliphatic heterocycles. The molecule has 1 aliphatic rings. The van der Waals surface area contributed by atoms with Gasteiger partial charge in [0.25, 0.3) is 0 Å². The molecule has 1 fully saturated rings. The molecule has 0 spiro atoms. The number of nitrogens with zero attached hydrogens (tertiary/aromatic N) is 1. The number of carbonyl (C=O) groups is 1. The van der Waals surface area contributed by atoms with Gasteiger partial charge >= 0.3 is 0 Å². The molecule has 0 radical (unpaired) electrons. The lowest BCUT2D eigenvalue weighted by Gasteiger charge is -2.29. The summed E-state index contributed by atoms with van der Waals surface area (Å²) in [6.45, 7) is 2.68. The fourth-order valence-corrected chi connectivity index (χ4v) is 3.50. The Morgan fingerprint density at radius 2 is 2.00 bits per heavy atom. The van der Waals surface area contributed by atoms with Gasteiger partial charge in [-0.3, -0.25) is 4.79 Å². The molecule has 116 valence electrons. The first-order valence-corrected chi connectivity index (χ1v) is 8.04. The van der Waals surface area contributed by atoms with Crippen molar-refractivity contribution >= 4 is 21.4 Å². The van der Waals surface area contributed by atoms with Crippen molar-refractivity contribution in [2.24, 2.45) is 0 Å². The third-order valence-electron chi connectivity index (χ3n) is 3.40. The molecule has 1 amide bonds. The van der Waals surface area contributed by atoms with Crippen molar-refractivity contribution in [2.75, 3.05) is 32.0 Å². The first kappa shape index (κ1) is 15.7. The van der Waals surface area contributed by atoms with Crippen LogP contribution in [0.15, 0.2) is 23.1 Å². The largest absolute Gasteiger partial charge is 0.399 e. The van der Waals surface area contributed by atoms with Crippen LogP contribution in [0.3, 0.4) is 0 Å². The summed E-state index contributed by atoms with van der Waals surface area (Å²) in [4.78, 5) is 13.1. The highest BCUT2D eigenvalue weighted by molar-refractivity contribution is 7.92. The third kappa shape index (κ3) is 3.16. The summed E-state index contributed by atoms with van der Waals surface area (Å²) in [6, 6.07) is 3.31. The third-order valence-corrected chi connectivity index (χ3v) is 5.48. The number of sulfone groups is 1. The Balaban J connectivity index is 2.27. The van der Waals surface area contributed by atoms with Crippen LogP contribution in [0.4, 0.5) is 10.1 Å². The topological polar surface area (TPSA) is 89.7 Å². The Labute approximate surface area is 122 Å². The summed E-state index contributed by atoms with van der Waals surface area (Å²) < 4.78 is 43.7. The zero-order valence-electron chi connectivity index (χ0n) is 11.6. The van der Waals surface area contributed by atoms with Crippen LogP contribution in [0.1, 0.15) is 6.92 Å². The second-order valence-corrected chi connectivity index (χ2v) is 7.05. The fraction of sp³-hybridized carbons (Fsp3) is 0.462. The number of anilines is 1. The Kier molecular flexibility index (Phi) is 4.48. The van der Waals surface area contributed by atoms with Gasteiger partial charge in [0.05, 0.1) is 13.2 Å². The van der Waals surface area contributed by atoms with Crippen LogP contribution < -0.4 is 5.73 Å². The monoisotopic (exact) mass is 316 g/mol. The quantitative estimate of drug-likeness (QED) is 0.817. The predicted molar refractivity (Wildman–Crippen MR) is 74.9 cm³/mol. The average molecular weight is 316 g/mol. The van der Waals surface area contributed by atoms with Gasteiger partial charge in [0, 0.05) is 18.8 Å². The second-order valence-electron chi connectivity index (χ2n) is 4.81. The number of carbonyl (C=O) groups excluding carboxylic acids is 1. The number of hydrogen-bond acceptors (Lipinski definition) is 5. The van der Waals surface area contributed by atoms with E-state index < -0.39 is 31.7 Å². The standard InChI is InChI=1S/C13H17FN2O4S/c1-9(13(17)16-4-6-20-7-5-16)21(18,19)12-3-2-10(15)8-11(12)14/h2-3,8-9H,4-7,15H2,1H3. The van der Waals surface area contributed by atoms with Gasteiger partial charge in [-0.25, -0.2) is 12.8 Å². The highest BCUT2D eigenvalue weighted by Gasteiger charge is 2.35. The maximum absolute atomic E-state index is 13.8. The van der Waals surface area contributed by atoms with E-state index in [1.54, 1.807) is 0 Å². The highest BCUT2D eigenvalue weighted by Crippen LogP contribution is 2.23. The van der Waals surface area contributed by atoms with Crippen LogP contribution >= 0.6 is 0 Å². The molecule has 2 N–H and O–H groups in total. The van der Waals surface area contributed by atoms with E-state index in [2.05, 4.69) is 0 Å². The summed E-state index contributed by atoms with van der Waals surface area (Å²) in [5.74, 6) is -1.49. The Morgan fingerprint density at radius 1 is 1.38 bits per heavy atom. The molecule has 1 unspecified atom stereocenters. The van der Waals surface area contributed by atoms with E-state index in [0.29, 0.717) is 26.3 Å². The molecule has 2 rings (SSSR count). The first-order valence-electron chi connectivity index (χ1n) is 6.49. The number of benzene rings is 1. The molecule has 0 aliphatic carbocycles. The van der Waals surface area contributed by atoms with Crippen molar-refractivity contribution in [3.63, 3.8) is 0 Å². The molecule has 0 aromatic heterocycles. The SMILES string of the molecule is CC(C(=O)N1CCOCC1)S(=O)(=O)c1ccc(N)cc1F. The lowest BCUT2D eigenvalue weighted by Crippen LogP contribution is -2.47. The molecule has 1 saturated heterocycles. The lowest BCUT2D eigenvalue weighted by molar-refractivity contribution is -0.134. The lowest BCUT2D eigenvalue weighted by atomic mass is 10.3. The van der Waals surface area contributed by atoms with Crippen LogP contribution in [-0.2, 0) is 19.4 Å². The van der Waals surface area contributed by atoms with E-state index in [4.69, 9.17) is 10.5 Å². The molecule has 21 heavy (non-hydrogen) atoms. The van der Waals surface area contributed by atoms with Crippen molar-refractivity contribution in [3.8, 4) is 0 Å². The highest BCUT2D eigenvalue weighted by atomic mass is 32.2. The summed E-state index contributed by atoms with van der Waals surface area (Å²) in [5, 5.41) is -1.35. The summed E-state index contributed by atoms with van der Waals surface area (Å²) in [6.07, 6.45) is 0. The maximum Gasteiger partial charge on any atom is 0.241 e. The Bertz CT molecular complexity index is 642. The molecule has 1 aromatic rings. The molecule has 8 heteroatoms. The Morgan fingerprint density at radius 3 is 2.57 bits per heavy atom. The van der Waals surface area contributed by atoms with E-state index in [-0.39, 0.29) is 5.69 Å². The molecule has 0 bridgehead atoms. The zero-order valence-corrected chi connectivity index (χ0v) is 12.4. The minimum atomic E-state index is -4.10. The number of halogens is 1. The van der Waals surface area contributed by atoms with Gasteiger partial charge in [-0.2, -0.15) is 0 Å². The number of hydrogen-bond donors (Lipinski definition) is 1. The van der Waals surface area contributed by atoms with Crippen LogP contribution in [0.25, 0.3) is 0 Å². The van der Waals surface area contributed by atoms with Gasteiger partial charge in [0.15, 0.2) is 9.84 Å². The number of morpholine rings is 1. The average Bonchev–Trinajstić information content (AvgIpc) is 2.46. The van der Waals surface area contributed by atoms with Gasteiger partial charge < -0.3 is 15.4 Å². The number of amides is 1. The summed E-state index contributed by atoms with van der Waals surface area (Å²) >= 11 is 0. The minimum absolute atomic E-state index is 0.124. The van der Waals surface area contributed by atoms with E-state index >= 15 is 0 Å². The van der Waals surface area contributed by atoms with Crippen LogP contribution in [0.5, 0.6) is 0 Å². The fourth-order valence-electron chi connectivity index (χ4n) is 2.11. The number of ether oxygens (including phenoxy) is 1. The van der Waals surface area contributed by atoms with Crippen LogP contribution in [0, 0.1) is 5.82 Å². The normalized spacial score (nSPS) is 17.5. The van der Waals surface area contributed by atoms with Gasteiger partial charge in [0.1, 0.15) is 16.0 Å². The van der Waals surface area contributed by atoms with Crippen molar-refractivity contribution in [1.82, 2.24) is 4.90 Å². The molecule has 1 aromatic carbocycles. The number of nitrogen functional groups attached to an aromatic ring is 1. The smallest absolute Gasteiger partial charge is 0.241 e. The Hall–Kier alpha value is -1.67. The minimum Gasteiger partial charge on any atom is -0.399 e. The van der Waals surface area contributed by atoms with Gasteiger partial charge in [0.2, 0.25) is 5.91 Å². The predicted octanol–water partition coefficient (Wildman–Crippen LogP) is 0.429. The summed E-state index contributed by atoms with van der Waals surface area (Å²) in [7, 11) is -4.10. The van der Waals surface area contributed by atoms with E-state index in [1.807, 2.05) is 0 Å². The first-order chi connectivity index (χ1) is 9.84. The van der Waals surface area contributed by atoms with Crippen molar-refractivity contribution in [1.29, 1.82) is 0 Å². The summed E-state index contributed by atoms with van der Waals surface area (Å²) in [5.41, 5.74) is 5.52. The molecule has 1 heterocycles.